The molecule has 0 saturated heterocycles. The normalized spacial score (nSPS) is 11.0. The first kappa shape index (κ1) is 13.3. The van der Waals surface area contributed by atoms with Crippen LogP contribution in [0.4, 0.5) is 0 Å². The van der Waals surface area contributed by atoms with E-state index in [1.807, 2.05) is 31.4 Å². The number of rotatable bonds is 2. The summed E-state index contributed by atoms with van der Waals surface area (Å²) in [6.07, 6.45) is 0. The second-order valence-electron chi connectivity index (χ2n) is 4.65. The van der Waals surface area contributed by atoms with Gasteiger partial charge in [-0.25, -0.2) is 9.97 Å². The number of fused-ring (bicyclic) bond motifs is 1. The van der Waals surface area contributed by atoms with Crippen LogP contribution in [-0.2, 0) is 0 Å². The van der Waals surface area contributed by atoms with E-state index >= 15 is 0 Å². The van der Waals surface area contributed by atoms with Crippen LogP contribution in [0.3, 0.4) is 0 Å². The summed E-state index contributed by atoms with van der Waals surface area (Å²) in [4.78, 5) is 9.10. The zero-order valence-corrected chi connectivity index (χ0v) is 13.0. The summed E-state index contributed by atoms with van der Waals surface area (Å²) >= 11 is 7.97. The van der Waals surface area contributed by atoms with Crippen LogP contribution in [-0.4, -0.2) is 17.1 Å². The van der Waals surface area contributed by atoms with Gasteiger partial charge in [-0.3, -0.25) is 0 Å². The Morgan fingerprint density at radius 1 is 1.10 bits per heavy atom. The number of benzene rings is 1. The molecule has 0 radical (unpaired) electrons. The van der Waals surface area contributed by atoms with Crippen LogP contribution in [0.1, 0.15) is 11.1 Å². The zero-order chi connectivity index (χ0) is 14.3. The fraction of sp³-hybridized carbons (Fsp3) is 0.200. The van der Waals surface area contributed by atoms with Crippen molar-refractivity contribution in [1.29, 1.82) is 0 Å². The molecule has 0 unspecified atom stereocenters. The summed E-state index contributed by atoms with van der Waals surface area (Å²) in [7, 11) is 1.64. The number of hydrogen-bond donors (Lipinski definition) is 0. The van der Waals surface area contributed by atoms with Gasteiger partial charge < -0.3 is 4.74 Å². The summed E-state index contributed by atoms with van der Waals surface area (Å²) in [5, 5.41) is 5.40. The molecule has 0 saturated carbocycles. The lowest BCUT2D eigenvalue weighted by Gasteiger charge is -2.09. The molecular weight excluding hydrogens is 292 g/mol. The number of hydrogen-bond acceptors (Lipinski definition) is 4. The van der Waals surface area contributed by atoms with Gasteiger partial charge in [-0.2, -0.15) is 11.3 Å². The second-order valence-corrected chi connectivity index (χ2v) is 5.75. The van der Waals surface area contributed by atoms with Crippen LogP contribution in [0, 0.1) is 13.8 Å². The Balaban J connectivity index is 2.30. The minimum atomic E-state index is 0.456. The first-order valence-electron chi connectivity index (χ1n) is 6.15. The van der Waals surface area contributed by atoms with Crippen molar-refractivity contribution < 1.29 is 4.74 Å². The van der Waals surface area contributed by atoms with Gasteiger partial charge in [-0.1, -0.05) is 11.6 Å². The van der Waals surface area contributed by atoms with E-state index in [4.69, 9.17) is 16.3 Å². The molecule has 0 amide bonds. The van der Waals surface area contributed by atoms with Crippen molar-refractivity contribution in [1.82, 2.24) is 9.97 Å². The molecule has 0 aliphatic heterocycles. The van der Waals surface area contributed by atoms with E-state index in [9.17, 15) is 0 Å². The third kappa shape index (κ3) is 2.15. The predicted octanol–water partition coefficient (Wildman–Crippen LogP) is 4.64. The molecule has 5 heteroatoms. The number of thiophene rings is 1. The number of halogens is 1. The molecule has 20 heavy (non-hydrogen) atoms. The smallest absolute Gasteiger partial charge is 0.162 e. The SMILES string of the molecule is COc1cc(C)c2nc(-c3cscc3C)nc(Cl)c2c1. The molecule has 1 aromatic carbocycles. The monoisotopic (exact) mass is 304 g/mol. The number of aromatic nitrogens is 2. The van der Waals surface area contributed by atoms with Gasteiger partial charge in [0.15, 0.2) is 5.82 Å². The fourth-order valence-electron chi connectivity index (χ4n) is 2.16. The van der Waals surface area contributed by atoms with Crippen molar-refractivity contribution in [2.45, 2.75) is 13.8 Å². The average molecular weight is 305 g/mol. The van der Waals surface area contributed by atoms with E-state index in [1.165, 1.54) is 0 Å². The quantitative estimate of drug-likeness (QED) is 0.647. The van der Waals surface area contributed by atoms with E-state index in [-0.39, 0.29) is 0 Å². The van der Waals surface area contributed by atoms with Gasteiger partial charge in [0.05, 0.1) is 12.6 Å². The Bertz CT molecular complexity index is 798. The molecule has 2 heterocycles. The first-order chi connectivity index (χ1) is 9.60. The number of methoxy groups -OCH3 is 1. The second kappa shape index (κ2) is 5.04. The van der Waals surface area contributed by atoms with Gasteiger partial charge in [-0.15, -0.1) is 0 Å². The molecule has 0 bridgehead atoms. The highest BCUT2D eigenvalue weighted by Gasteiger charge is 2.13. The molecule has 2 aromatic heterocycles. The van der Waals surface area contributed by atoms with Gasteiger partial charge in [0, 0.05) is 16.3 Å². The zero-order valence-electron chi connectivity index (χ0n) is 11.4. The standard InChI is InChI=1S/C15H13ClN2OS/c1-8-4-10(19-3)5-11-13(8)17-15(18-14(11)16)12-7-20-6-9(12)2/h4-7H,1-3H3. The molecule has 3 aromatic rings. The number of nitrogens with zero attached hydrogens (tertiary/aromatic N) is 2. The lowest BCUT2D eigenvalue weighted by atomic mass is 10.1. The van der Waals surface area contributed by atoms with Crippen LogP contribution in [0.25, 0.3) is 22.3 Å². The first-order valence-corrected chi connectivity index (χ1v) is 7.47. The van der Waals surface area contributed by atoms with Crippen molar-refractivity contribution in [2.75, 3.05) is 7.11 Å². The molecule has 0 N–H and O–H groups in total. The van der Waals surface area contributed by atoms with Crippen LogP contribution in [0.2, 0.25) is 5.15 Å². The molecule has 0 atom stereocenters. The van der Waals surface area contributed by atoms with Crippen LogP contribution in [0.15, 0.2) is 22.9 Å². The van der Waals surface area contributed by atoms with E-state index in [0.29, 0.717) is 11.0 Å². The Morgan fingerprint density at radius 3 is 2.55 bits per heavy atom. The minimum Gasteiger partial charge on any atom is -0.497 e. The third-order valence-electron chi connectivity index (χ3n) is 3.25. The van der Waals surface area contributed by atoms with Gasteiger partial charge in [0.25, 0.3) is 0 Å². The highest BCUT2D eigenvalue weighted by Crippen LogP contribution is 2.32. The van der Waals surface area contributed by atoms with Crippen molar-refractivity contribution in [3.63, 3.8) is 0 Å². The Hall–Kier alpha value is -1.65. The lowest BCUT2D eigenvalue weighted by Crippen LogP contribution is -1.95. The van der Waals surface area contributed by atoms with Crippen molar-refractivity contribution in [3.8, 4) is 17.1 Å². The summed E-state index contributed by atoms with van der Waals surface area (Å²) in [5.74, 6) is 1.44. The van der Waals surface area contributed by atoms with Crippen LogP contribution < -0.4 is 4.74 Å². The van der Waals surface area contributed by atoms with Gasteiger partial charge in [0.2, 0.25) is 0 Å². The summed E-state index contributed by atoms with van der Waals surface area (Å²) < 4.78 is 5.27. The Morgan fingerprint density at radius 2 is 1.90 bits per heavy atom. The topological polar surface area (TPSA) is 35.0 Å². The Labute approximate surface area is 126 Å². The van der Waals surface area contributed by atoms with E-state index in [2.05, 4.69) is 15.3 Å². The summed E-state index contributed by atoms with van der Waals surface area (Å²) in [6.45, 7) is 4.05. The van der Waals surface area contributed by atoms with E-state index in [0.717, 1.165) is 33.3 Å². The molecule has 0 fully saturated rings. The van der Waals surface area contributed by atoms with Crippen molar-refractivity contribution in [2.24, 2.45) is 0 Å². The van der Waals surface area contributed by atoms with Crippen molar-refractivity contribution in [3.05, 3.63) is 39.2 Å². The van der Waals surface area contributed by atoms with Gasteiger partial charge in [0.1, 0.15) is 10.9 Å². The minimum absolute atomic E-state index is 0.456. The summed E-state index contributed by atoms with van der Waals surface area (Å²) in [6, 6.07) is 3.82. The third-order valence-corrected chi connectivity index (χ3v) is 4.40. The molecular formula is C15H13ClN2OS. The van der Waals surface area contributed by atoms with Gasteiger partial charge >= 0.3 is 0 Å². The molecule has 0 spiro atoms. The number of ether oxygens (including phenoxy) is 1. The van der Waals surface area contributed by atoms with Gasteiger partial charge in [-0.05, 0) is 42.5 Å². The highest BCUT2D eigenvalue weighted by atomic mass is 35.5. The predicted molar refractivity (Wildman–Crippen MR) is 83.9 cm³/mol. The fourth-order valence-corrected chi connectivity index (χ4v) is 3.21. The molecule has 3 rings (SSSR count). The van der Waals surface area contributed by atoms with Crippen LogP contribution >= 0.6 is 22.9 Å². The largest absolute Gasteiger partial charge is 0.497 e. The Kier molecular flexibility index (Phi) is 3.36. The molecule has 102 valence electrons. The maximum atomic E-state index is 6.33. The summed E-state index contributed by atoms with van der Waals surface area (Å²) in [5.41, 5.74) is 4.09. The molecule has 3 nitrogen and oxygen atoms in total. The van der Waals surface area contributed by atoms with E-state index in [1.54, 1.807) is 18.4 Å². The maximum Gasteiger partial charge on any atom is 0.162 e. The van der Waals surface area contributed by atoms with Crippen LogP contribution in [0.5, 0.6) is 5.75 Å². The molecule has 0 aliphatic rings. The maximum absolute atomic E-state index is 6.33. The highest BCUT2D eigenvalue weighted by molar-refractivity contribution is 7.08. The number of aryl methyl sites for hydroxylation is 2. The van der Waals surface area contributed by atoms with E-state index < -0.39 is 0 Å². The molecule has 0 aliphatic carbocycles. The average Bonchev–Trinajstić information content (AvgIpc) is 2.85. The van der Waals surface area contributed by atoms with Crippen molar-refractivity contribution >= 4 is 33.8 Å². The lowest BCUT2D eigenvalue weighted by molar-refractivity contribution is 0.415.